The zero-order chi connectivity index (χ0) is 12.8. The summed E-state index contributed by atoms with van der Waals surface area (Å²) in [7, 11) is 1.52. The van der Waals surface area contributed by atoms with Crippen LogP contribution < -0.4 is 0 Å². The highest BCUT2D eigenvalue weighted by atomic mass is 35.5. The van der Waals surface area contributed by atoms with Crippen LogP contribution in [0.3, 0.4) is 0 Å². The van der Waals surface area contributed by atoms with Gasteiger partial charge in [0, 0.05) is 31.1 Å². The fourth-order valence-corrected chi connectivity index (χ4v) is 1.71. The van der Waals surface area contributed by atoms with Gasteiger partial charge in [-0.3, -0.25) is 0 Å². The Hall–Kier alpha value is -1.88. The summed E-state index contributed by atoms with van der Waals surface area (Å²) in [5.41, 5.74) is 1.02. The van der Waals surface area contributed by atoms with Crippen LogP contribution in [0.15, 0.2) is 42.2 Å². The smallest absolute Gasteiger partial charge is 0.129 e. The minimum atomic E-state index is 0.0592. The number of hydrogen-bond donors (Lipinski definition) is 0. The first-order chi connectivity index (χ1) is 8.79. The first kappa shape index (κ1) is 12.6. The molecule has 6 heteroatoms. The number of oxime groups is 1. The van der Waals surface area contributed by atoms with Gasteiger partial charge >= 0.3 is 0 Å². The van der Waals surface area contributed by atoms with Gasteiger partial charge in [-0.15, -0.1) is 0 Å². The van der Waals surface area contributed by atoms with Crippen molar-refractivity contribution >= 4 is 17.8 Å². The van der Waals surface area contributed by atoms with E-state index in [0.717, 1.165) is 12.1 Å². The number of rotatable bonds is 5. The van der Waals surface area contributed by atoms with Crippen LogP contribution in [0, 0.1) is 0 Å². The standard InChI is InChI=1S/C12H13ClN4O/c1-18-16-7-11(8-17-5-4-14-9-17)10-2-3-12(13)15-6-10/h2-7,9,11H,8H2,1H3/b16-7+. The van der Waals surface area contributed by atoms with E-state index >= 15 is 0 Å². The Morgan fingerprint density at radius 2 is 2.44 bits per heavy atom. The van der Waals surface area contributed by atoms with Crippen molar-refractivity contribution in [2.75, 3.05) is 7.11 Å². The molecular formula is C12H13ClN4O. The summed E-state index contributed by atoms with van der Waals surface area (Å²) in [6.45, 7) is 0.718. The number of nitrogens with zero attached hydrogens (tertiary/aromatic N) is 4. The van der Waals surface area contributed by atoms with Crippen LogP contribution in [0.2, 0.25) is 5.15 Å². The lowest BCUT2D eigenvalue weighted by molar-refractivity contribution is 0.214. The van der Waals surface area contributed by atoms with Crippen molar-refractivity contribution < 1.29 is 4.84 Å². The molecule has 2 rings (SSSR count). The molecule has 0 amide bonds. The lowest BCUT2D eigenvalue weighted by Gasteiger charge is -2.12. The minimum absolute atomic E-state index is 0.0592. The zero-order valence-electron chi connectivity index (χ0n) is 9.90. The molecule has 2 aromatic rings. The van der Waals surface area contributed by atoms with E-state index < -0.39 is 0 Å². The highest BCUT2D eigenvalue weighted by Crippen LogP contribution is 2.17. The minimum Gasteiger partial charge on any atom is -0.399 e. The fourth-order valence-electron chi connectivity index (χ4n) is 1.60. The van der Waals surface area contributed by atoms with Crippen LogP contribution in [0.5, 0.6) is 0 Å². The number of halogens is 1. The Kier molecular flexibility index (Phi) is 4.30. The van der Waals surface area contributed by atoms with Crippen LogP contribution in [-0.4, -0.2) is 27.9 Å². The van der Waals surface area contributed by atoms with E-state index in [0.29, 0.717) is 5.15 Å². The quantitative estimate of drug-likeness (QED) is 0.473. The number of pyridine rings is 1. The van der Waals surface area contributed by atoms with Gasteiger partial charge in [-0.1, -0.05) is 22.8 Å². The van der Waals surface area contributed by atoms with Gasteiger partial charge in [0.05, 0.1) is 12.5 Å². The van der Waals surface area contributed by atoms with Crippen molar-refractivity contribution in [2.24, 2.45) is 5.16 Å². The second-order valence-corrected chi connectivity index (χ2v) is 4.10. The number of aromatic nitrogens is 3. The van der Waals surface area contributed by atoms with Crippen LogP contribution >= 0.6 is 11.6 Å². The molecule has 2 aromatic heterocycles. The Morgan fingerprint density at radius 3 is 3.06 bits per heavy atom. The van der Waals surface area contributed by atoms with Crippen LogP contribution in [0.25, 0.3) is 0 Å². The predicted octanol–water partition coefficient (Wildman–Crippen LogP) is 2.35. The average Bonchev–Trinajstić information content (AvgIpc) is 2.88. The second kappa shape index (κ2) is 6.16. The maximum Gasteiger partial charge on any atom is 0.129 e. The van der Waals surface area contributed by atoms with Crippen molar-refractivity contribution in [3.8, 4) is 0 Å². The molecule has 94 valence electrons. The van der Waals surface area contributed by atoms with Gasteiger partial charge in [0.1, 0.15) is 12.3 Å². The van der Waals surface area contributed by atoms with E-state index in [1.165, 1.54) is 7.11 Å². The molecule has 0 aliphatic heterocycles. The molecule has 1 unspecified atom stereocenters. The average molecular weight is 265 g/mol. The third-order valence-corrected chi connectivity index (χ3v) is 2.71. The maximum absolute atomic E-state index is 5.78. The van der Waals surface area contributed by atoms with Crippen molar-refractivity contribution in [1.82, 2.24) is 14.5 Å². The summed E-state index contributed by atoms with van der Waals surface area (Å²) in [6, 6.07) is 3.69. The third-order valence-electron chi connectivity index (χ3n) is 2.49. The lowest BCUT2D eigenvalue weighted by Crippen LogP contribution is -2.10. The van der Waals surface area contributed by atoms with Crippen LogP contribution in [0.4, 0.5) is 0 Å². The molecule has 5 nitrogen and oxygen atoms in total. The van der Waals surface area contributed by atoms with Gasteiger partial charge in [-0.25, -0.2) is 9.97 Å². The summed E-state index contributed by atoms with van der Waals surface area (Å²) in [4.78, 5) is 12.8. The van der Waals surface area contributed by atoms with E-state index in [-0.39, 0.29) is 5.92 Å². The van der Waals surface area contributed by atoms with Gasteiger partial charge in [0.25, 0.3) is 0 Å². The van der Waals surface area contributed by atoms with Gasteiger partial charge in [0.2, 0.25) is 0 Å². The highest BCUT2D eigenvalue weighted by molar-refractivity contribution is 6.29. The Bertz CT molecular complexity index is 495. The Labute approximate surface area is 110 Å². The van der Waals surface area contributed by atoms with E-state index in [1.54, 1.807) is 31.0 Å². The fraction of sp³-hybridized carbons (Fsp3) is 0.250. The number of hydrogen-bond acceptors (Lipinski definition) is 4. The van der Waals surface area contributed by atoms with Gasteiger partial charge in [-0.05, 0) is 11.6 Å². The van der Waals surface area contributed by atoms with E-state index in [4.69, 9.17) is 16.4 Å². The molecule has 0 saturated carbocycles. The molecule has 0 fully saturated rings. The molecule has 0 aliphatic carbocycles. The van der Waals surface area contributed by atoms with E-state index in [1.807, 2.05) is 16.8 Å². The molecule has 0 N–H and O–H groups in total. The first-order valence-electron chi connectivity index (χ1n) is 5.43. The van der Waals surface area contributed by atoms with Crippen molar-refractivity contribution in [2.45, 2.75) is 12.5 Å². The second-order valence-electron chi connectivity index (χ2n) is 3.72. The molecular weight excluding hydrogens is 252 g/mol. The van der Waals surface area contributed by atoms with Crippen molar-refractivity contribution in [1.29, 1.82) is 0 Å². The zero-order valence-corrected chi connectivity index (χ0v) is 10.7. The largest absolute Gasteiger partial charge is 0.399 e. The molecule has 0 saturated heterocycles. The molecule has 0 aliphatic rings. The summed E-state index contributed by atoms with van der Waals surface area (Å²) in [6.07, 6.45) is 8.88. The Morgan fingerprint density at radius 1 is 1.56 bits per heavy atom. The summed E-state index contributed by atoms with van der Waals surface area (Å²) < 4.78 is 1.97. The van der Waals surface area contributed by atoms with Crippen molar-refractivity contribution in [3.05, 3.63) is 47.8 Å². The Balaban J connectivity index is 2.19. The van der Waals surface area contributed by atoms with Crippen molar-refractivity contribution in [3.63, 3.8) is 0 Å². The maximum atomic E-state index is 5.78. The van der Waals surface area contributed by atoms with Gasteiger partial charge in [0.15, 0.2) is 0 Å². The molecule has 2 heterocycles. The molecule has 0 radical (unpaired) electrons. The molecule has 0 aromatic carbocycles. The van der Waals surface area contributed by atoms with Gasteiger partial charge in [-0.2, -0.15) is 0 Å². The van der Waals surface area contributed by atoms with Crippen LogP contribution in [-0.2, 0) is 11.4 Å². The van der Waals surface area contributed by atoms with Crippen LogP contribution in [0.1, 0.15) is 11.5 Å². The summed E-state index contributed by atoms with van der Waals surface area (Å²) >= 11 is 5.78. The molecule has 0 spiro atoms. The molecule has 1 atom stereocenters. The molecule has 18 heavy (non-hydrogen) atoms. The van der Waals surface area contributed by atoms with E-state index in [9.17, 15) is 0 Å². The highest BCUT2D eigenvalue weighted by Gasteiger charge is 2.10. The van der Waals surface area contributed by atoms with Gasteiger partial charge < -0.3 is 9.40 Å². The molecule has 0 bridgehead atoms. The number of imidazole rings is 1. The third kappa shape index (κ3) is 3.30. The lowest BCUT2D eigenvalue weighted by atomic mass is 10.0. The monoisotopic (exact) mass is 264 g/mol. The van der Waals surface area contributed by atoms with E-state index in [2.05, 4.69) is 15.1 Å². The first-order valence-corrected chi connectivity index (χ1v) is 5.81. The summed E-state index contributed by atoms with van der Waals surface area (Å²) in [5, 5.41) is 4.31. The topological polar surface area (TPSA) is 52.3 Å². The SMILES string of the molecule is CO/N=C/C(Cn1ccnc1)c1ccc(Cl)nc1. The normalized spacial score (nSPS) is 12.8. The summed E-state index contributed by atoms with van der Waals surface area (Å²) in [5.74, 6) is 0.0592. The predicted molar refractivity (Wildman–Crippen MR) is 69.7 cm³/mol.